The SMILES string of the molecule is CCC(C)(N)c1nc(-c2ccc(Cl)s2)cs1. The van der Waals surface area contributed by atoms with Crippen molar-refractivity contribution in [2.75, 3.05) is 0 Å². The number of rotatable bonds is 3. The van der Waals surface area contributed by atoms with Gasteiger partial charge in [0.1, 0.15) is 5.01 Å². The molecule has 0 saturated carbocycles. The van der Waals surface area contributed by atoms with E-state index in [0.717, 1.165) is 26.3 Å². The van der Waals surface area contributed by atoms with E-state index in [0.29, 0.717) is 0 Å². The Bertz CT molecular complexity index is 488. The van der Waals surface area contributed by atoms with E-state index >= 15 is 0 Å². The highest BCUT2D eigenvalue weighted by molar-refractivity contribution is 7.19. The summed E-state index contributed by atoms with van der Waals surface area (Å²) in [5.41, 5.74) is 6.80. The molecule has 2 aromatic heterocycles. The lowest BCUT2D eigenvalue weighted by Crippen LogP contribution is -2.31. The van der Waals surface area contributed by atoms with Crippen LogP contribution in [0.5, 0.6) is 0 Å². The number of hydrogen-bond acceptors (Lipinski definition) is 4. The van der Waals surface area contributed by atoms with E-state index in [2.05, 4.69) is 11.9 Å². The normalized spacial score (nSPS) is 15.0. The third kappa shape index (κ3) is 2.30. The number of nitrogens with zero attached hydrogens (tertiary/aromatic N) is 1. The van der Waals surface area contributed by atoms with Crippen LogP contribution in [0, 0.1) is 0 Å². The molecule has 0 spiro atoms. The molecule has 5 heteroatoms. The Labute approximate surface area is 108 Å². The summed E-state index contributed by atoms with van der Waals surface area (Å²) in [7, 11) is 0. The van der Waals surface area contributed by atoms with Gasteiger partial charge < -0.3 is 5.73 Å². The van der Waals surface area contributed by atoms with Crippen LogP contribution in [0.25, 0.3) is 10.6 Å². The lowest BCUT2D eigenvalue weighted by molar-refractivity contribution is 0.474. The van der Waals surface area contributed by atoms with Crippen molar-refractivity contribution in [3.05, 3.63) is 26.9 Å². The van der Waals surface area contributed by atoms with Crippen molar-refractivity contribution in [3.63, 3.8) is 0 Å². The smallest absolute Gasteiger partial charge is 0.113 e. The summed E-state index contributed by atoms with van der Waals surface area (Å²) in [6.07, 6.45) is 0.880. The van der Waals surface area contributed by atoms with Crippen LogP contribution in [-0.4, -0.2) is 4.98 Å². The Balaban J connectivity index is 2.33. The number of halogens is 1. The zero-order valence-electron chi connectivity index (χ0n) is 9.16. The van der Waals surface area contributed by atoms with Gasteiger partial charge in [0.25, 0.3) is 0 Å². The van der Waals surface area contributed by atoms with Gasteiger partial charge in [-0.1, -0.05) is 18.5 Å². The molecule has 16 heavy (non-hydrogen) atoms. The molecule has 2 aromatic rings. The first-order chi connectivity index (χ1) is 7.53. The van der Waals surface area contributed by atoms with Gasteiger partial charge in [-0.15, -0.1) is 22.7 Å². The zero-order chi connectivity index (χ0) is 11.8. The Morgan fingerprint density at radius 1 is 1.50 bits per heavy atom. The van der Waals surface area contributed by atoms with Crippen LogP contribution in [0.4, 0.5) is 0 Å². The van der Waals surface area contributed by atoms with Gasteiger partial charge >= 0.3 is 0 Å². The van der Waals surface area contributed by atoms with Gasteiger partial charge in [-0.25, -0.2) is 4.98 Å². The molecule has 0 aliphatic carbocycles. The van der Waals surface area contributed by atoms with E-state index in [4.69, 9.17) is 17.3 Å². The first-order valence-corrected chi connectivity index (χ1v) is 7.11. The Morgan fingerprint density at radius 3 is 2.81 bits per heavy atom. The fourth-order valence-corrected chi connectivity index (χ4v) is 3.30. The lowest BCUT2D eigenvalue weighted by Gasteiger charge is -2.18. The minimum absolute atomic E-state index is 0.329. The van der Waals surface area contributed by atoms with Crippen LogP contribution in [0.1, 0.15) is 25.3 Å². The average molecular weight is 273 g/mol. The van der Waals surface area contributed by atoms with Crippen molar-refractivity contribution in [2.24, 2.45) is 5.73 Å². The number of nitrogens with two attached hydrogens (primary N) is 1. The number of thiophene rings is 1. The molecule has 2 heterocycles. The van der Waals surface area contributed by atoms with Crippen LogP contribution < -0.4 is 5.73 Å². The predicted molar refractivity (Wildman–Crippen MR) is 72.3 cm³/mol. The summed E-state index contributed by atoms with van der Waals surface area (Å²) in [4.78, 5) is 5.68. The van der Waals surface area contributed by atoms with Crippen LogP contribution >= 0.6 is 34.3 Å². The van der Waals surface area contributed by atoms with Gasteiger partial charge in [0.15, 0.2) is 0 Å². The molecule has 0 aromatic carbocycles. The van der Waals surface area contributed by atoms with E-state index in [1.54, 1.807) is 22.7 Å². The van der Waals surface area contributed by atoms with Crippen LogP contribution in [-0.2, 0) is 5.54 Å². The molecule has 2 nitrogen and oxygen atoms in total. The van der Waals surface area contributed by atoms with Crippen molar-refractivity contribution in [3.8, 4) is 10.6 Å². The maximum atomic E-state index is 6.16. The largest absolute Gasteiger partial charge is 0.320 e. The van der Waals surface area contributed by atoms with Crippen molar-refractivity contribution in [2.45, 2.75) is 25.8 Å². The molecule has 86 valence electrons. The van der Waals surface area contributed by atoms with Gasteiger partial charge in [0.2, 0.25) is 0 Å². The second-order valence-electron chi connectivity index (χ2n) is 3.91. The molecule has 1 unspecified atom stereocenters. The fourth-order valence-electron chi connectivity index (χ4n) is 1.25. The summed E-state index contributed by atoms with van der Waals surface area (Å²) < 4.78 is 0.788. The van der Waals surface area contributed by atoms with E-state index in [-0.39, 0.29) is 5.54 Å². The third-order valence-corrected chi connectivity index (χ3v) is 4.93. The van der Waals surface area contributed by atoms with Gasteiger partial charge in [-0.05, 0) is 25.5 Å². The minimum Gasteiger partial charge on any atom is -0.320 e. The quantitative estimate of drug-likeness (QED) is 0.913. The Kier molecular flexibility index (Phi) is 3.35. The molecule has 0 saturated heterocycles. The molecule has 0 bridgehead atoms. The highest BCUT2D eigenvalue weighted by Crippen LogP contribution is 2.34. The monoisotopic (exact) mass is 272 g/mol. The van der Waals surface area contributed by atoms with Gasteiger partial charge in [-0.2, -0.15) is 0 Å². The average Bonchev–Trinajstić information content (AvgIpc) is 2.85. The van der Waals surface area contributed by atoms with Gasteiger partial charge in [0.05, 0.1) is 20.4 Å². The standard InChI is InChI=1S/C11H13ClN2S2/c1-3-11(2,13)10-14-7(6-15-10)8-4-5-9(12)16-8/h4-6H,3,13H2,1-2H3. The second-order valence-corrected chi connectivity index (χ2v) is 6.49. The first kappa shape index (κ1) is 12.0. The molecule has 0 radical (unpaired) electrons. The molecule has 2 N–H and O–H groups in total. The molecular weight excluding hydrogens is 260 g/mol. The highest BCUT2D eigenvalue weighted by atomic mass is 35.5. The van der Waals surface area contributed by atoms with Crippen LogP contribution in [0.2, 0.25) is 4.34 Å². The van der Waals surface area contributed by atoms with Crippen LogP contribution in [0.3, 0.4) is 0 Å². The molecule has 1 atom stereocenters. The van der Waals surface area contributed by atoms with E-state index in [1.807, 2.05) is 24.4 Å². The Hall–Kier alpha value is -0.420. The molecule has 0 aliphatic heterocycles. The predicted octanol–water partition coefficient (Wildman–Crippen LogP) is 4.11. The van der Waals surface area contributed by atoms with Gasteiger partial charge in [-0.3, -0.25) is 0 Å². The summed E-state index contributed by atoms with van der Waals surface area (Å²) in [6.45, 7) is 4.08. The highest BCUT2D eigenvalue weighted by Gasteiger charge is 2.23. The van der Waals surface area contributed by atoms with E-state index in [9.17, 15) is 0 Å². The van der Waals surface area contributed by atoms with Gasteiger partial charge in [0, 0.05) is 5.38 Å². The number of thiazole rings is 1. The number of aromatic nitrogens is 1. The summed E-state index contributed by atoms with van der Waals surface area (Å²) in [5, 5.41) is 3.02. The summed E-state index contributed by atoms with van der Waals surface area (Å²) in [5.74, 6) is 0. The topological polar surface area (TPSA) is 38.9 Å². The maximum absolute atomic E-state index is 6.16. The van der Waals surface area contributed by atoms with Crippen LogP contribution in [0.15, 0.2) is 17.5 Å². The summed E-state index contributed by atoms with van der Waals surface area (Å²) >= 11 is 9.06. The van der Waals surface area contributed by atoms with Crippen molar-refractivity contribution in [1.82, 2.24) is 4.98 Å². The molecule has 0 fully saturated rings. The molecular formula is C11H13ClN2S2. The molecule has 2 rings (SSSR count). The summed E-state index contributed by atoms with van der Waals surface area (Å²) in [6, 6.07) is 3.88. The molecule has 0 amide bonds. The zero-order valence-corrected chi connectivity index (χ0v) is 11.5. The van der Waals surface area contributed by atoms with Crippen molar-refractivity contribution >= 4 is 34.3 Å². The second kappa shape index (κ2) is 4.45. The van der Waals surface area contributed by atoms with Crippen molar-refractivity contribution < 1.29 is 0 Å². The first-order valence-electron chi connectivity index (χ1n) is 5.03. The van der Waals surface area contributed by atoms with E-state index in [1.165, 1.54) is 0 Å². The maximum Gasteiger partial charge on any atom is 0.113 e. The third-order valence-electron chi connectivity index (χ3n) is 2.55. The Morgan fingerprint density at radius 2 is 2.25 bits per heavy atom. The fraction of sp³-hybridized carbons (Fsp3) is 0.364. The minimum atomic E-state index is -0.329. The van der Waals surface area contributed by atoms with Crippen molar-refractivity contribution in [1.29, 1.82) is 0 Å². The molecule has 0 aliphatic rings. The van der Waals surface area contributed by atoms with E-state index < -0.39 is 0 Å². The number of hydrogen-bond donors (Lipinski definition) is 1. The lowest BCUT2D eigenvalue weighted by atomic mass is 10.0.